The number of hydrogen-bond donors (Lipinski definition) is 1. The van der Waals surface area contributed by atoms with Crippen LogP contribution in [0.3, 0.4) is 0 Å². The summed E-state index contributed by atoms with van der Waals surface area (Å²) in [6, 6.07) is 10.3. The van der Waals surface area contributed by atoms with Crippen LogP contribution in [0.2, 0.25) is 0 Å². The van der Waals surface area contributed by atoms with E-state index in [4.69, 9.17) is 4.98 Å². The Hall–Kier alpha value is -3.75. The van der Waals surface area contributed by atoms with Crippen LogP contribution in [0.5, 0.6) is 0 Å². The van der Waals surface area contributed by atoms with Crippen LogP contribution in [0, 0.1) is 5.92 Å². The number of H-pyrrole nitrogens is 1. The molecule has 1 fully saturated rings. The number of nitrogens with zero attached hydrogens (tertiary/aromatic N) is 7. The lowest BCUT2D eigenvalue weighted by atomic mass is 9.86. The summed E-state index contributed by atoms with van der Waals surface area (Å²) in [4.78, 5) is 21.9. The first kappa shape index (κ1) is 22.1. The van der Waals surface area contributed by atoms with Crippen LogP contribution in [0.4, 0.5) is 0 Å². The highest BCUT2D eigenvalue weighted by atomic mass is 16.1. The fourth-order valence-electron chi connectivity index (χ4n) is 4.63. The Balaban J connectivity index is 1.37. The quantitative estimate of drug-likeness (QED) is 0.393. The molecule has 4 aromatic rings. The summed E-state index contributed by atoms with van der Waals surface area (Å²) in [5.74, 6) is 1.92. The van der Waals surface area contributed by atoms with Gasteiger partial charge in [-0.1, -0.05) is 50.5 Å². The fourth-order valence-corrected chi connectivity index (χ4v) is 4.63. The molecule has 1 aliphatic carbocycles. The summed E-state index contributed by atoms with van der Waals surface area (Å²) in [5, 5.41) is 18.9. The number of Topliss-reactive ketones (excluding diaryl/α,β-unsaturated/α-hetero) is 1. The van der Waals surface area contributed by atoms with E-state index in [1.807, 2.05) is 10.7 Å². The lowest BCUT2D eigenvalue weighted by Gasteiger charge is -2.18. The minimum atomic E-state index is 0.0760. The number of benzene rings is 1. The van der Waals surface area contributed by atoms with Gasteiger partial charge in [0.25, 0.3) is 0 Å². The summed E-state index contributed by atoms with van der Waals surface area (Å²) < 4.78 is 1.90. The van der Waals surface area contributed by atoms with Crippen LogP contribution >= 0.6 is 0 Å². The molecule has 9 nitrogen and oxygen atoms in total. The van der Waals surface area contributed by atoms with Crippen molar-refractivity contribution in [3.63, 3.8) is 0 Å². The minimum Gasteiger partial charge on any atom is -0.290 e. The number of pyridine rings is 1. The number of nitrogens with one attached hydrogen (secondary N) is 1. The number of carbonyl (C=O) groups excluding carboxylic acids is 1. The van der Waals surface area contributed by atoms with Crippen LogP contribution in [0.1, 0.15) is 67.5 Å². The van der Waals surface area contributed by atoms with E-state index in [9.17, 15) is 4.79 Å². The topological polar surface area (TPSA) is 115 Å². The minimum absolute atomic E-state index is 0.0760. The summed E-state index contributed by atoms with van der Waals surface area (Å²) in [7, 11) is 0. The maximum atomic E-state index is 13.0. The predicted molar refractivity (Wildman–Crippen MR) is 127 cm³/mol. The van der Waals surface area contributed by atoms with Gasteiger partial charge in [0, 0.05) is 36.8 Å². The van der Waals surface area contributed by atoms with Gasteiger partial charge in [0.15, 0.2) is 0 Å². The van der Waals surface area contributed by atoms with Crippen LogP contribution in [0.25, 0.3) is 22.5 Å². The van der Waals surface area contributed by atoms with E-state index in [-0.39, 0.29) is 11.7 Å². The van der Waals surface area contributed by atoms with E-state index in [0.717, 1.165) is 66.7 Å². The first-order valence-corrected chi connectivity index (χ1v) is 12.0. The normalized spacial score (nSPS) is 14.4. The van der Waals surface area contributed by atoms with Crippen molar-refractivity contribution < 1.29 is 4.79 Å². The standard InChI is InChI=1S/C25H28N8O/c1-2-14-33-22(27-25(30-33)23(34)19-6-4-3-5-7-19)15-17-8-10-18(11-9-17)20-12-13-26-16-21(20)24-28-31-32-29-24/h8-13,16,19H,2-7,14-15H2,1H3,(H,28,29,31,32). The number of aromatic amines is 1. The van der Waals surface area contributed by atoms with Gasteiger partial charge in [-0.15, -0.1) is 15.3 Å². The molecule has 0 radical (unpaired) electrons. The molecule has 1 aromatic carbocycles. The van der Waals surface area contributed by atoms with Gasteiger partial charge in [-0.05, 0) is 47.2 Å². The van der Waals surface area contributed by atoms with E-state index in [0.29, 0.717) is 18.1 Å². The summed E-state index contributed by atoms with van der Waals surface area (Å²) in [6.07, 6.45) is 10.4. The molecule has 9 heteroatoms. The third-order valence-electron chi connectivity index (χ3n) is 6.41. The third kappa shape index (κ3) is 4.64. The molecule has 0 aliphatic heterocycles. The van der Waals surface area contributed by atoms with Crippen molar-refractivity contribution in [2.75, 3.05) is 0 Å². The van der Waals surface area contributed by atoms with Gasteiger partial charge in [0.1, 0.15) is 5.82 Å². The van der Waals surface area contributed by atoms with Crippen molar-refractivity contribution in [3.05, 3.63) is 59.9 Å². The molecule has 1 aliphatic rings. The van der Waals surface area contributed by atoms with Gasteiger partial charge >= 0.3 is 0 Å². The zero-order chi connectivity index (χ0) is 23.3. The number of rotatable bonds is 8. The molecule has 0 atom stereocenters. The Bertz CT molecular complexity index is 1240. The smallest absolute Gasteiger partial charge is 0.217 e. The number of aryl methyl sites for hydroxylation is 1. The largest absolute Gasteiger partial charge is 0.290 e. The lowest BCUT2D eigenvalue weighted by molar-refractivity contribution is 0.0878. The van der Waals surface area contributed by atoms with Gasteiger partial charge in [-0.25, -0.2) is 9.67 Å². The maximum Gasteiger partial charge on any atom is 0.217 e. The molecule has 3 aromatic heterocycles. The second-order valence-corrected chi connectivity index (χ2v) is 8.80. The van der Waals surface area contributed by atoms with E-state index in [1.54, 1.807) is 12.4 Å². The molecule has 5 rings (SSSR count). The average Bonchev–Trinajstić information content (AvgIpc) is 3.56. The zero-order valence-electron chi connectivity index (χ0n) is 19.3. The second kappa shape index (κ2) is 10.0. The fraction of sp³-hybridized carbons (Fsp3) is 0.400. The first-order chi connectivity index (χ1) is 16.7. The van der Waals surface area contributed by atoms with Crippen LogP contribution in [-0.2, 0) is 13.0 Å². The second-order valence-electron chi connectivity index (χ2n) is 8.80. The average molecular weight is 457 g/mol. The lowest BCUT2D eigenvalue weighted by Crippen LogP contribution is -2.19. The molecule has 174 valence electrons. The van der Waals surface area contributed by atoms with E-state index in [1.165, 1.54) is 6.42 Å². The van der Waals surface area contributed by atoms with E-state index >= 15 is 0 Å². The number of hydrogen-bond acceptors (Lipinski definition) is 7. The molecular weight excluding hydrogens is 428 g/mol. The summed E-state index contributed by atoms with van der Waals surface area (Å²) in [5.41, 5.74) is 3.95. The molecule has 3 heterocycles. The number of tetrazole rings is 1. The number of aromatic nitrogens is 8. The van der Waals surface area contributed by atoms with Crippen LogP contribution in [0.15, 0.2) is 42.7 Å². The third-order valence-corrected chi connectivity index (χ3v) is 6.41. The predicted octanol–water partition coefficient (Wildman–Crippen LogP) is 4.28. The van der Waals surface area contributed by atoms with Crippen molar-refractivity contribution in [1.82, 2.24) is 40.4 Å². The van der Waals surface area contributed by atoms with Crippen LogP contribution < -0.4 is 0 Å². The SMILES string of the molecule is CCCn1nc(C(=O)C2CCCCC2)nc1Cc1ccc(-c2ccncc2-c2nn[nH]n2)cc1. The van der Waals surface area contributed by atoms with Crippen molar-refractivity contribution in [3.8, 4) is 22.5 Å². The molecule has 0 saturated heterocycles. The Morgan fingerprint density at radius 1 is 1.09 bits per heavy atom. The van der Waals surface area contributed by atoms with Gasteiger partial charge in [0.2, 0.25) is 17.4 Å². The monoisotopic (exact) mass is 456 g/mol. The van der Waals surface area contributed by atoms with Gasteiger partial charge in [-0.2, -0.15) is 5.21 Å². The molecule has 0 amide bonds. The Kier molecular flexibility index (Phi) is 6.51. The maximum absolute atomic E-state index is 13.0. The Labute approximate surface area is 198 Å². The number of ketones is 1. The molecule has 0 spiro atoms. The van der Waals surface area contributed by atoms with Gasteiger partial charge < -0.3 is 0 Å². The van der Waals surface area contributed by atoms with Crippen molar-refractivity contribution >= 4 is 5.78 Å². The highest BCUT2D eigenvalue weighted by Crippen LogP contribution is 2.29. The molecule has 1 saturated carbocycles. The molecule has 0 bridgehead atoms. The highest BCUT2D eigenvalue weighted by molar-refractivity contribution is 5.94. The number of carbonyl (C=O) groups is 1. The molecule has 0 unspecified atom stereocenters. The molecule has 1 N–H and O–H groups in total. The molecular formula is C25H28N8O. The van der Waals surface area contributed by atoms with Crippen molar-refractivity contribution in [1.29, 1.82) is 0 Å². The van der Waals surface area contributed by atoms with Crippen molar-refractivity contribution in [2.45, 2.75) is 58.4 Å². The highest BCUT2D eigenvalue weighted by Gasteiger charge is 2.26. The summed E-state index contributed by atoms with van der Waals surface area (Å²) in [6.45, 7) is 2.86. The van der Waals surface area contributed by atoms with Crippen LogP contribution in [-0.4, -0.2) is 46.2 Å². The zero-order valence-corrected chi connectivity index (χ0v) is 19.3. The Morgan fingerprint density at radius 2 is 1.91 bits per heavy atom. The van der Waals surface area contributed by atoms with Gasteiger partial charge in [0.05, 0.1) is 0 Å². The van der Waals surface area contributed by atoms with E-state index < -0.39 is 0 Å². The molecule has 34 heavy (non-hydrogen) atoms. The first-order valence-electron chi connectivity index (χ1n) is 12.0. The van der Waals surface area contributed by atoms with E-state index in [2.05, 4.69) is 61.9 Å². The van der Waals surface area contributed by atoms with Crippen molar-refractivity contribution in [2.24, 2.45) is 5.92 Å². The summed E-state index contributed by atoms with van der Waals surface area (Å²) >= 11 is 0. The Morgan fingerprint density at radius 3 is 2.65 bits per heavy atom. The van der Waals surface area contributed by atoms with Gasteiger partial charge in [-0.3, -0.25) is 9.78 Å².